The number of nitrogens with zero attached hydrogens (tertiary/aromatic N) is 2. The molecule has 1 fully saturated rings. The number of hydrogen-bond acceptors (Lipinski definition) is 4. The molecule has 0 aliphatic carbocycles. The molecule has 0 aromatic heterocycles. The number of likely N-dealkylation sites (N-methyl/N-ethyl adjacent to an activating group) is 1. The van der Waals surface area contributed by atoms with Crippen molar-refractivity contribution in [3.63, 3.8) is 0 Å². The van der Waals surface area contributed by atoms with E-state index in [1.54, 1.807) is 0 Å². The SMILES string of the molecule is CCCN(CC)CCNCC1CCN(C(=O)OC(C)(C)C)CC1. The van der Waals surface area contributed by atoms with Gasteiger partial charge in [0.1, 0.15) is 5.60 Å². The van der Waals surface area contributed by atoms with Gasteiger partial charge in [-0.15, -0.1) is 0 Å². The van der Waals surface area contributed by atoms with Gasteiger partial charge >= 0.3 is 6.09 Å². The predicted molar refractivity (Wildman–Crippen MR) is 95.8 cm³/mol. The number of nitrogens with one attached hydrogen (secondary N) is 1. The highest BCUT2D eigenvalue weighted by Gasteiger charge is 2.26. The first kappa shape index (κ1) is 20.2. The van der Waals surface area contributed by atoms with Crippen LogP contribution in [-0.2, 0) is 4.74 Å². The quantitative estimate of drug-likeness (QED) is 0.696. The highest BCUT2D eigenvalue weighted by Crippen LogP contribution is 2.19. The van der Waals surface area contributed by atoms with Gasteiger partial charge in [-0.05, 0) is 65.6 Å². The van der Waals surface area contributed by atoms with E-state index >= 15 is 0 Å². The zero-order valence-electron chi connectivity index (χ0n) is 15.9. The van der Waals surface area contributed by atoms with Crippen LogP contribution in [0, 0.1) is 5.92 Å². The fourth-order valence-corrected chi connectivity index (χ4v) is 2.93. The molecule has 23 heavy (non-hydrogen) atoms. The molecule has 0 aromatic rings. The molecule has 0 radical (unpaired) electrons. The van der Waals surface area contributed by atoms with E-state index in [1.165, 1.54) is 13.0 Å². The summed E-state index contributed by atoms with van der Waals surface area (Å²) in [5.74, 6) is 0.676. The molecular formula is C18H37N3O2. The second-order valence-corrected chi connectivity index (χ2v) is 7.55. The summed E-state index contributed by atoms with van der Waals surface area (Å²) in [4.78, 5) is 16.4. The fourth-order valence-electron chi connectivity index (χ4n) is 2.93. The smallest absolute Gasteiger partial charge is 0.410 e. The zero-order chi connectivity index (χ0) is 17.3. The molecule has 0 saturated carbocycles. The van der Waals surface area contributed by atoms with Crippen LogP contribution in [-0.4, -0.2) is 67.3 Å². The predicted octanol–water partition coefficient (Wildman–Crippen LogP) is 2.96. The van der Waals surface area contributed by atoms with E-state index < -0.39 is 5.60 Å². The molecule has 1 N–H and O–H groups in total. The van der Waals surface area contributed by atoms with E-state index in [9.17, 15) is 4.79 Å². The maximum Gasteiger partial charge on any atom is 0.410 e. The Kier molecular flexibility index (Phi) is 8.92. The number of carbonyl (C=O) groups is 1. The lowest BCUT2D eigenvalue weighted by Gasteiger charge is -2.33. The first-order chi connectivity index (χ1) is 10.9. The third kappa shape index (κ3) is 8.56. The Morgan fingerprint density at radius 3 is 2.39 bits per heavy atom. The highest BCUT2D eigenvalue weighted by molar-refractivity contribution is 5.68. The third-order valence-corrected chi connectivity index (χ3v) is 4.29. The van der Waals surface area contributed by atoms with Gasteiger partial charge < -0.3 is 19.9 Å². The number of hydrogen-bond donors (Lipinski definition) is 1. The summed E-state index contributed by atoms with van der Waals surface area (Å²) in [5, 5.41) is 3.58. The van der Waals surface area contributed by atoms with Gasteiger partial charge in [-0.3, -0.25) is 0 Å². The number of likely N-dealkylation sites (tertiary alicyclic amines) is 1. The fraction of sp³-hybridized carbons (Fsp3) is 0.944. The van der Waals surface area contributed by atoms with Crippen LogP contribution in [0.5, 0.6) is 0 Å². The highest BCUT2D eigenvalue weighted by atomic mass is 16.6. The van der Waals surface area contributed by atoms with Crippen molar-refractivity contribution in [2.24, 2.45) is 5.92 Å². The Bertz CT molecular complexity index is 334. The summed E-state index contributed by atoms with van der Waals surface area (Å²) >= 11 is 0. The molecule has 0 atom stereocenters. The Morgan fingerprint density at radius 2 is 1.87 bits per heavy atom. The summed E-state index contributed by atoms with van der Waals surface area (Å²) in [6.07, 6.45) is 3.19. The Labute approximate surface area is 142 Å². The van der Waals surface area contributed by atoms with Gasteiger partial charge in [0.15, 0.2) is 0 Å². The molecule has 1 aliphatic heterocycles. The lowest BCUT2D eigenvalue weighted by molar-refractivity contribution is 0.0184. The minimum atomic E-state index is -0.404. The standard InChI is InChI=1S/C18H37N3O2/c1-6-11-20(7-2)14-10-19-15-16-8-12-21(13-9-16)17(22)23-18(3,4)5/h16,19H,6-15H2,1-5H3. The minimum absolute atomic E-state index is 0.165. The molecule has 1 saturated heterocycles. The van der Waals surface area contributed by atoms with Gasteiger partial charge in [-0.2, -0.15) is 0 Å². The monoisotopic (exact) mass is 327 g/mol. The van der Waals surface area contributed by atoms with Crippen LogP contribution >= 0.6 is 0 Å². The number of ether oxygens (including phenoxy) is 1. The largest absolute Gasteiger partial charge is 0.444 e. The van der Waals surface area contributed by atoms with Gasteiger partial charge in [0.25, 0.3) is 0 Å². The molecule has 5 nitrogen and oxygen atoms in total. The molecule has 0 spiro atoms. The average molecular weight is 328 g/mol. The van der Waals surface area contributed by atoms with E-state index in [-0.39, 0.29) is 6.09 Å². The van der Waals surface area contributed by atoms with Gasteiger partial charge in [0.05, 0.1) is 0 Å². The van der Waals surface area contributed by atoms with Crippen molar-refractivity contribution in [3.05, 3.63) is 0 Å². The molecule has 5 heteroatoms. The second-order valence-electron chi connectivity index (χ2n) is 7.55. The first-order valence-corrected chi connectivity index (χ1v) is 9.26. The van der Waals surface area contributed by atoms with Crippen LogP contribution in [0.15, 0.2) is 0 Å². The Morgan fingerprint density at radius 1 is 1.22 bits per heavy atom. The van der Waals surface area contributed by atoms with Crippen molar-refractivity contribution in [2.45, 2.75) is 59.5 Å². The molecular weight excluding hydrogens is 290 g/mol. The van der Waals surface area contributed by atoms with Gasteiger partial charge in [0.2, 0.25) is 0 Å². The molecule has 0 unspecified atom stereocenters. The van der Waals surface area contributed by atoms with Crippen LogP contribution in [0.1, 0.15) is 53.9 Å². The van der Waals surface area contributed by atoms with E-state index in [0.717, 1.165) is 52.1 Å². The molecule has 136 valence electrons. The van der Waals surface area contributed by atoms with Crippen molar-refractivity contribution in [1.82, 2.24) is 15.1 Å². The summed E-state index contributed by atoms with van der Waals surface area (Å²) in [7, 11) is 0. The average Bonchev–Trinajstić information content (AvgIpc) is 2.49. The Balaban J connectivity index is 2.15. The number of piperidine rings is 1. The summed E-state index contributed by atoms with van der Waals surface area (Å²) in [6.45, 7) is 17.4. The van der Waals surface area contributed by atoms with Gasteiger partial charge in [-0.25, -0.2) is 4.79 Å². The minimum Gasteiger partial charge on any atom is -0.444 e. The molecule has 1 aliphatic rings. The van der Waals surface area contributed by atoms with Crippen LogP contribution in [0.4, 0.5) is 4.79 Å². The van der Waals surface area contributed by atoms with Crippen molar-refractivity contribution in [3.8, 4) is 0 Å². The molecule has 1 rings (SSSR count). The van der Waals surface area contributed by atoms with Crippen LogP contribution in [0.2, 0.25) is 0 Å². The zero-order valence-corrected chi connectivity index (χ0v) is 15.9. The molecule has 0 bridgehead atoms. The maximum atomic E-state index is 12.0. The lowest BCUT2D eigenvalue weighted by atomic mass is 9.97. The first-order valence-electron chi connectivity index (χ1n) is 9.26. The summed E-state index contributed by atoms with van der Waals surface area (Å²) < 4.78 is 5.44. The van der Waals surface area contributed by atoms with Crippen LogP contribution < -0.4 is 5.32 Å². The van der Waals surface area contributed by atoms with Crippen molar-refractivity contribution in [2.75, 3.05) is 45.8 Å². The van der Waals surface area contributed by atoms with Gasteiger partial charge in [0, 0.05) is 26.2 Å². The normalized spacial score (nSPS) is 16.9. The molecule has 0 aromatic carbocycles. The molecule has 1 amide bonds. The number of carbonyl (C=O) groups excluding carboxylic acids is 1. The topological polar surface area (TPSA) is 44.8 Å². The summed E-state index contributed by atoms with van der Waals surface area (Å²) in [6, 6.07) is 0. The van der Waals surface area contributed by atoms with Crippen molar-refractivity contribution >= 4 is 6.09 Å². The van der Waals surface area contributed by atoms with E-state index in [4.69, 9.17) is 4.74 Å². The number of rotatable bonds is 8. The van der Waals surface area contributed by atoms with Crippen molar-refractivity contribution in [1.29, 1.82) is 0 Å². The molecule has 1 heterocycles. The third-order valence-electron chi connectivity index (χ3n) is 4.29. The van der Waals surface area contributed by atoms with E-state index in [1.807, 2.05) is 25.7 Å². The van der Waals surface area contributed by atoms with E-state index in [0.29, 0.717) is 5.92 Å². The lowest BCUT2D eigenvalue weighted by Crippen LogP contribution is -2.43. The van der Waals surface area contributed by atoms with Gasteiger partial charge in [-0.1, -0.05) is 13.8 Å². The Hall–Kier alpha value is -0.810. The maximum absolute atomic E-state index is 12.0. The van der Waals surface area contributed by atoms with Crippen LogP contribution in [0.3, 0.4) is 0 Å². The number of amides is 1. The summed E-state index contributed by atoms with van der Waals surface area (Å²) in [5.41, 5.74) is -0.404. The second kappa shape index (κ2) is 10.1. The van der Waals surface area contributed by atoms with Crippen molar-refractivity contribution < 1.29 is 9.53 Å². The van der Waals surface area contributed by atoms with Crippen LogP contribution in [0.25, 0.3) is 0 Å². The van der Waals surface area contributed by atoms with E-state index in [2.05, 4.69) is 24.1 Å².